The van der Waals surface area contributed by atoms with Crippen molar-refractivity contribution >= 4 is 60.2 Å². The molecular formula is C51H37N3. The fourth-order valence-electron chi connectivity index (χ4n) is 8.53. The first-order valence-electron chi connectivity index (χ1n) is 18.6. The zero-order chi connectivity index (χ0) is 36.2. The molecule has 0 spiro atoms. The zero-order valence-corrected chi connectivity index (χ0v) is 30.2. The quantitative estimate of drug-likeness (QED) is 0.162. The summed E-state index contributed by atoms with van der Waals surface area (Å²) in [6.07, 6.45) is 0. The van der Waals surface area contributed by atoms with Gasteiger partial charge in [-0.3, -0.25) is 0 Å². The van der Waals surface area contributed by atoms with Crippen molar-refractivity contribution in [2.24, 2.45) is 0 Å². The Balaban J connectivity index is 1.18. The van der Waals surface area contributed by atoms with Gasteiger partial charge in [-0.1, -0.05) is 152 Å². The second kappa shape index (κ2) is 12.9. The molecule has 3 heteroatoms. The largest absolute Gasteiger partial charge is 0.309 e. The van der Waals surface area contributed by atoms with Crippen LogP contribution in [0, 0.1) is 13.8 Å². The van der Waals surface area contributed by atoms with Crippen molar-refractivity contribution in [2.75, 3.05) is 4.90 Å². The summed E-state index contributed by atoms with van der Waals surface area (Å²) < 4.78 is 2.08. The highest BCUT2D eigenvalue weighted by atomic mass is 15.3. The molecule has 0 aliphatic carbocycles. The minimum Gasteiger partial charge on any atom is -0.309 e. The monoisotopic (exact) mass is 691 g/mol. The van der Waals surface area contributed by atoms with Crippen LogP contribution in [0.2, 0.25) is 0 Å². The molecule has 0 aliphatic heterocycles. The van der Waals surface area contributed by atoms with Gasteiger partial charge in [0.25, 0.3) is 0 Å². The van der Waals surface area contributed by atoms with Gasteiger partial charge in [-0.05, 0) is 93.7 Å². The third-order valence-electron chi connectivity index (χ3n) is 10.9. The maximum atomic E-state index is 5.08. The molecule has 0 atom stereocenters. The van der Waals surface area contributed by atoms with Crippen LogP contribution in [0.4, 0.5) is 17.1 Å². The van der Waals surface area contributed by atoms with Crippen LogP contribution in [0.25, 0.3) is 71.0 Å². The van der Waals surface area contributed by atoms with E-state index in [0.717, 1.165) is 34.1 Å². The van der Waals surface area contributed by atoms with Crippen molar-refractivity contribution in [3.8, 4) is 27.9 Å². The molecule has 256 valence electrons. The first kappa shape index (κ1) is 31.7. The summed E-state index contributed by atoms with van der Waals surface area (Å²) in [6.45, 7) is 4.33. The third-order valence-corrected chi connectivity index (χ3v) is 10.9. The maximum absolute atomic E-state index is 5.08. The number of hydrogen-bond acceptors (Lipinski definition) is 2. The lowest BCUT2D eigenvalue weighted by atomic mass is 9.85. The van der Waals surface area contributed by atoms with Crippen LogP contribution in [0.3, 0.4) is 0 Å². The maximum Gasteiger partial charge on any atom is 0.0679 e. The topological polar surface area (TPSA) is 21.1 Å². The average molecular weight is 692 g/mol. The van der Waals surface area contributed by atoms with Gasteiger partial charge >= 0.3 is 0 Å². The number of anilines is 3. The smallest absolute Gasteiger partial charge is 0.0679 e. The molecule has 0 radical (unpaired) electrons. The predicted molar refractivity (Wildman–Crippen MR) is 229 cm³/mol. The Kier molecular flexibility index (Phi) is 7.59. The second-order valence-electron chi connectivity index (χ2n) is 14.0. The van der Waals surface area contributed by atoms with E-state index < -0.39 is 0 Å². The van der Waals surface area contributed by atoms with Crippen molar-refractivity contribution in [2.45, 2.75) is 13.8 Å². The fraction of sp³-hybridized carbons (Fsp3) is 0.0392. The number of benzene rings is 9. The standard InChI is InChI=1S/C51H37N3/c1-34-49(35(2)54(52-34)40-20-4-3-5-21-40)51-45-26-12-10-24-43(45)50(44-25-11-13-27-46(44)51)38-30-32-39(33-31-38)53(47-28-14-18-36-16-6-8-22-41(36)47)48-29-15-19-37-17-7-9-23-42(37)48/h3-33H,1-2H3. The molecule has 0 saturated carbocycles. The number of para-hydroxylation sites is 1. The summed E-state index contributed by atoms with van der Waals surface area (Å²) in [6, 6.07) is 67.9. The number of nitrogens with zero attached hydrogens (tertiary/aromatic N) is 3. The van der Waals surface area contributed by atoms with Crippen molar-refractivity contribution in [3.63, 3.8) is 0 Å². The molecule has 0 aliphatic rings. The van der Waals surface area contributed by atoms with Crippen molar-refractivity contribution in [1.29, 1.82) is 0 Å². The molecule has 1 heterocycles. The normalized spacial score (nSPS) is 11.5. The molecule has 0 fully saturated rings. The minimum atomic E-state index is 1.02. The van der Waals surface area contributed by atoms with Crippen LogP contribution in [-0.4, -0.2) is 9.78 Å². The fourth-order valence-corrected chi connectivity index (χ4v) is 8.53. The van der Waals surface area contributed by atoms with E-state index in [9.17, 15) is 0 Å². The molecule has 10 rings (SSSR count). The number of aryl methyl sites for hydroxylation is 1. The highest BCUT2D eigenvalue weighted by molar-refractivity contribution is 6.22. The molecule has 0 bridgehead atoms. The summed E-state index contributed by atoms with van der Waals surface area (Å²) in [5, 5.41) is 14.8. The molecule has 1 aromatic heterocycles. The van der Waals surface area contributed by atoms with E-state index in [2.05, 4.69) is 205 Å². The van der Waals surface area contributed by atoms with E-state index >= 15 is 0 Å². The molecule has 54 heavy (non-hydrogen) atoms. The SMILES string of the molecule is Cc1nn(-c2ccccc2)c(C)c1-c1c2ccccc2c(-c2ccc(N(c3cccc4ccccc34)c3cccc4ccccc34)cc2)c2ccccc12. The Morgan fingerprint density at radius 1 is 0.389 bits per heavy atom. The van der Waals surface area contributed by atoms with E-state index in [-0.39, 0.29) is 0 Å². The molecular weight excluding hydrogens is 655 g/mol. The highest BCUT2D eigenvalue weighted by Gasteiger charge is 2.23. The van der Waals surface area contributed by atoms with Gasteiger partial charge in [0.2, 0.25) is 0 Å². The average Bonchev–Trinajstić information content (AvgIpc) is 3.53. The Bertz CT molecular complexity index is 2860. The van der Waals surface area contributed by atoms with Crippen LogP contribution in [0.1, 0.15) is 11.4 Å². The summed E-state index contributed by atoms with van der Waals surface area (Å²) >= 11 is 0. The Hall–Kier alpha value is -6.97. The molecule has 0 amide bonds. The van der Waals surface area contributed by atoms with Gasteiger partial charge in [-0.2, -0.15) is 5.10 Å². The van der Waals surface area contributed by atoms with E-state index in [4.69, 9.17) is 5.10 Å². The van der Waals surface area contributed by atoms with Crippen LogP contribution in [0.15, 0.2) is 188 Å². The predicted octanol–water partition coefficient (Wildman–Crippen LogP) is 13.9. The lowest BCUT2D eigenvalue weighted by molar-refractivity contribution is 0.834. The van der Waals surface area contributed by atoms with Crippen LogP contribution in [-0.2, 0) is 0 Å². The van der Waals surface area contributed by atoms with Gasteiger partial charge in [0.1, 0.15) is 0 Å². The first-order valence-corrected chi connectivity index (χ1v) is 18.6. The molecule has 10 aromatic rings. The molecule has 0 saturated heterocycles. The summed E-state index contributed by atoms with van der Waals surface area (Å²) in [5.41, 5.74) is 11.5. The Morgan fingerprint density at radius 2 is 0.833 bits per heavy atom. The third kappa shape index (κ3) is 5.08. The van der Waals surface area contributed by atoms with Gasteiger partial charge in [0.05, 0.1) is 22.8 Å². The van der Waals surface area contributed by atoms with E-state index in [1.165, 1.54) is 65.3 Å². The Labute approximate surface area is 315 Å². The summed E-state index contributed by atoms with van der Waals surface area (Å²) in [4.78, 5) is 2.42. The molecule has 0 unspecified atom stereocenters. The molecule has 0 N–H and O–H groups in total. The van der Waals surface area contributed by atoms with E-state index in [1.807, 2.05) is 6.07 Å². The zero-order valence-electron chi connectivity index (χ0n) is 30.2. The lowest BCUT2D eigenvalue weighted by Gasteiger charge is -2.28. The van der Waals surface area contributed by atoms with E-state index in [1.54, 1.807) is 0 Å². The number of hydrogen-bond donors (Lipinski definition) is 0. The summed E-state index contributed by atoms with van der Waals surface area (Å²) in [7, 11) is 0. The van der Waals surface area contributed by atoms with Gasteiger partial charge in [0.15, 0.2) is 0 Å². The second-order valence-corrected chi connectivity index (χ2v) is 14.0. The Morgan fingerprint density at radius 3 is 1.37 bits per heavy atom. The molecule has 9 aromatic carbocycles. The lowest BCUT2D eigenvalue weighted by Crippen LogP contribution is -2.11. The van der Waals surface area contributed by atoms with Crippen molar-refractivity contribution in [1.82, 2.24) is 9.78 Å². The van der Waals surface area contributed by atoms with Crippen LogP contribution >= 0.6 is 0 Å². The van der Waals surface area contributed by atoms with Gasteiger partial charge in [-0.25, -0.2) is 4.68 Å². The van der Waals surface area contributed by atoms with Crippen LogP contribution in [0.5, 0.6) is 0 Å². The first-order chi connectivity index (χ1) is 26.7. The highest BCUT2D eigenvalue weighted by Crippen LogP contribution is 2.47. The van der Waals surface area contributed by atoms with Gasteiger partial charge < -0.3 is 4.90 Å². The number of rotatable bonds is 6. The number of aromatic nitrogens is 2. The van der Waals surface area contributed by atoms with Crippen LogP contribution < -0.4 is 4.90 Å². The number of fused-ring (bicyclic) bond motifs is 4. The summed E-state index contributed by atoms with van der Waals surface area (Å²) in [5.74, 6) is 0. The van der Waals surface area contributed by atoms with Crippen molar-refractivity contribution in [3.05, 3.63) is 199 Å². The van der Waals surface area contributed by atoms with Gasteiger partial charge in [0, 0.05) is 33.3 Å². The van der Waals surface area contributed by atoms with Gasteiger partial charge in [-0.15, -0.1) is 0 Å². The minimum absolute atomic E-state index is 1.02. The van der Waals surface area contributed by atoms with Crippen molar-refractivity contribution < 1.29 is 0 Å². The molecule has 3 nitrogen and oxygen atoms in total. The van der Waals surface area contributed by atoms with E-state index in [0.29, 0.717) is 0 Å².